The van der Waals surface area contributed by atoms with Gasteiger partial charge in [-0.05, 0) is 30.3 Å². The number of ether oxygens (including phenoxy) is 1. The van der Waals surface area contributed by atoms with E-state index in [2.05, 4.69) is 10.3 Å². The molecule has 3 aromatic rings. The predicted octanol–water partition coefficient (Wildman–Crippen LogP) is 5.42. The number of nitrogens with one attached hydrogen (secondary N) is 1. The molecule has 1 N–H and O–H groups in total. The number of benzene rings is 2. The molecule has 2 aromatic carbocycles. The van der Waals surface area contributed by atoms with Crippen molar-refractivity contribution in [3.05, 3.63) is 47.5 Å². The van der Waals surface area contributed by atoms with Crippen LogP contribution in [-0.4, -0.2) is 31.1 Å². The molecule has 0 unspecified atom stereocenters. The number of carbonyl (C=O) groups excluding carboxylic acids is 1. The molecule has 1 fully saturated rings. The molecule has 0 aliphatic carbocycles. The number of fused-ring (bicyclic) bond motifs is 1. The number of methoxy groups -OCH3 is 1. The summed E-state index contributed by atoms with van der Waals surface area (Å²) < 4.78 is 84.1. The SMILES string of the molecule is COc1cccc2sc(N3CC(C(=O)Nc4cc(C(F)(F)F)cc(C(F)(F)F)c4)C3)nc12. The van der Waals surface area contributed by atoms with E-state index in [0.717, 1.165) is 4.70 Å². The maximum atomic E-state index is 13.0. The van der Waals surface area contributed by atoms with E-state index in [-0.39, 0.29) is 19.2 Å². The topological polar surface area (TPSA) is 54.5 Å². The maximum absolute atomic E-state index is 13.0. The van der Waals surface area contributed by atoms with Crippen LogP contribution in [0.15, 0.2) is 36.4 Å². The van der Waals surface area contributed by atoms with E-state index >= 15 is 0 Å². The molecule has 2 heterocycles. The number of rotatable bonds is 4. The number of nitrogens with zero attached hydrogens (tertiary/aromatic N) is 2. The molecular weight excluding hydrogens is 460 g/mol. The quantitative estimate of drug-likeness (QED) is 0.513. The Morgan fingerprint density at radius 2 is 1.72 bits per heavy atom. The molecule has 1 amide bonds. The molecule has 1 saturated heterocycles. The summed E-state index contributed by atoms with van der Waals surface area (Å²) in [5.41, 5.74) is -2.85. The van der Waals surface area contributed by atoms with Gasteiger partial charge in [0.15, 0.2) is 5.13 Å². The van der Waals surface area contributed by atoms with Crippen LogP contribution in [0.2, 0.25) is 0 Å². The molecule has 5 nitrogen and oxygen atoms in total. The van der Waals surface area contributed by atoms with E-state index in [0.29, 0.717) is 28.5 Å². The van der Waals surface area contributed by atoms with E-state index in [4.69, 9.17) is 4.74 Å². The largest absolute Gasteiger partial charge is 0.494 e. The average Bonchev–Trinajstić information content (AvgIpc) is 3.08. The molecule has 0 bridgehead atoms. The summed E-state index contributed by atoms with van der Waals surface area (Å²) in [5, 5.41) is 2.83. The van der Waals surface area contributed by atoms with Crippen molar-refractivity contribution < 1.29 is 35.9 Å². The van der Waals surface area contributed by atoms with E-state index < -0.39 is 41.0 Å². The van der Waals surface area contributed by atoms with Gasteiger partial charge in [-0.2, -0.15) is 26.3 Å². The van der Waals surface area contributed by atoms with Gasteiger partial charge >= 0.3 is 12.4 Å². The number of halogens is 6. The first-order valence-corrected chi connectivity index (χ1v) is 10.1. The first kappa shape index (κ1) is 22.2. The van der Waals surface area contributed by atoms with Crippen LogP contribution >= 0.6 is 11.3 Å². The van der Waals surface area contributed by atoms with E-state index in [1.165, 1.54) is 18.4 Å². The van der Waals surface area contributed by atoms with Crippen molar-refractivity contribution in [3.8, 4) is 5.75 Å². The smallest absolute Gasteiger partial charge is 0.416 e. The van der Waals surface area contributed by atoms with Crippen molar-refractivity contribution >= 4 is 38.3 Å². The summed E-state index contributed by atoms with van der Waals surface area (Å²) in [5.74, 6) is -0.662. The second-order valence-corrected chi connectivity index (χ2v) is 8.20. The molecule has 1 aliphatic rings. The number of hydrogen-bond acceptors (Lipinski definition) is 5. The van der Waals surface area contributed by atoms with Gasteiger partial charge in [0.05, 0.1) is 28.9 Å². The zero-order chi connectivity index (χ0) is 23.3. The van der Waals surface area contributed by atoms with Crippen molar-refractivity contribution in [1.82, 2.24) is 4.98 Å². The number of hydrogen-bond donors (Lipinski definition) is 1. The minimum absolute atomic E-state index is 0.0160. The van der Waals surface area contributed by atoms with Crippen LogP contribution in [0, 0.1) is 5.92 Å². The lowest BCUT2D eigenvalue weighted by molar-refractivity contribution is -0.143. The lowest BCUT2D eigenvalue weighted by atomic mass is 9.99. The highest BCUT2D eigenvalue weighted by Crippen LogP contribution is 2.39. The number of thiazole rings is 1. The van der Waals surface area contributed by atoms with Gasteiger partial charge in [0.2, 0.25) is 5.91 Å². The van der Waals surface area contributed by atoms with Crippen LogP contribution in [-0.2, 0) is 17.1 Å². The molecule has 1 aromatic heterocycles. The van der Waals surface area contributed by atoms with Gasteiger partial charge in [0.25, 0.3) is 0 Å². The minimum Gasteiger partial charge on any atom is -0.494 e. The molecule has 12 heteroatoms. The standard InChI is InChI=1S/C20H15F6N3O2S/c1-31-14-3-2-4-15-16(14)28-18(32-15)29-8-10(9-29)17(30)27-13-6-11(19(21,22)23)5-12(7-13)20(24,25)26/h2-7,10H,8-9H2,1H3,(H,27,30). The van der Waals surface area contributed by atoms with Gasteiger partial charge in [0.1, 0.15) is 11.3 Å². The van der Waals surface area contributed by atoms with Crippen LogP contribution in [0.3, 0.4) is 0 Å². The lowest BCUT2D eigenvalue weighted by Gasteiger charge is -2.38. The Kier molecular flexibility index (Phi) is 5.43. The second-order valence-electron chi connectivity index (χ2n) is 7.19. The second kappa shape index (κ2) is 7.84. The fourth-order valence-corrected chi connectivity index (χ4v) is 4.28. The van der Waals surface area contributed by atoms with Gasteiger partial charge in [0, 0.05) is 18.8 Å². The summed E-state index contributed by atoms with van der Waals surface area (Å²) >= 11 is 1.39. The zero-order valence-electron chi connectivity index (χ0n) is 16.3. The third-order valence-corrected chi connectivity index (χ3v) is 6.05. The number of para-hydroxylation sites is 1. The van der Waals surface area contributed by atoms with Crippen molar-refractivity contribution in [3.63, 3.8) is 0 Å². The Labute approximate surface area is 181 Å². The first-order chi connectivity index (χ1) is 15.0. The van der Waals surface area contributed by atoms with Crippen molar-refractivity contribution in [2.24, 2.45) is 5.92 Å². The van der Waals surface area contributed by atoms with Crippen LogP contribution in [0.5, 0.6) is 5.75 Å². The van der Waals surface area contributed by atoms with E-state index in [1.807, 2.05) is 17.0 Å². The van der Waals surface area contributed by atoms with Crippen molar-refractivity contribution in [1.29, 1.82) is 0 Å². The molecular formula is C20H15F6N3O2S. The summed E-state index contributed by atoms with van der Waals surface area (Å²) in [7, 11) is 1.52. The highest BCUT2D eigenvalue weighted by atomic mass is 32.1. The van der Waals surface area contributed by atoms with Crippen LogP contribution in [0.25, 0.3) is 10.2 Å². The number of aromatic nitrogens is 1. The number of anilines is 2. The Balaban J connectivity index is 1.47. The summed E-state index contributed by atoms with van der Waals surface area (Å²) in [6.45, 7) is 0.470. The highest BCUT2D eigenvalue weighted by Gasteiger charge is 2.38. The fourth-order valence-electron chi connectivity index (χ4n) is 3.28. The minimum atomic E-state index is -4.98. The Hall–Kier alpha value is -3.02. The van der Waals surface area contributed by atoms with Crippen molar-refractivity contribution in [2.45, 2.75) is 12.4 Å². The average molecular weight is 475 g/mol. The molecule has 0 saturated carbocycles. The van der Waals surface area contributed by atoms with Crippen LogP contribution in [0.4, 0.5) is 37.2 Å². The fraction of sp³-hybridized carbons (Fsp3) is 0.300. The predicted molar refractivity (Wildman–Crippen MR) is 107 cm³/mol. The van der Waals surface area contributed by atoms with Gasteiger partial charge < -0.3 is 15.0 Å². The lowest BCUT2D eigenvalue weighted by Crippen LogP contribution is -2.52. The zero-order valence-corrected chi connectivity index (χ0v) is 17.2. The number of amides is 1. The summed E-state index contributed by atoms with van der Waals surface area (Å²) in [4.78, 5) is 18.7. The Morgan fingerprint density at radius 1 is 1.09 bits per heavy atom. The van der Waals surface area contributed by atoms with E-state index in [1.54, 1.807) is 6.07 Å². The molecule has 170 valence electrons. The normalized spacial score (nSPS) is 15.0. The third kappa shape index (κ3) is 4.31. The summed E-state index contributed by atoms with van der Waals surface area (Å²) in [6.07, 6.45) is -9.97. The highest BCUT2D eigenvalue weighted by molar-refractivity contribution is 7.22. The number of carbonyl (C=O) groups is 1. The third-order valence-electron chi connectivity index (χ3n) is 4.97. The molecule has 0 atom stereocenters. The van der Waals surface area contributed by atoms with E-state index in [9.17, 15) is 31.1 Å². The van der Waals surface area contributed by atoms with Crippen molar-refractivity contribution in [2.75, 3.05) is 30.4 Å². The number of alkyl halides is 6. The van der Waals surface area contributed by atoms with Gasteiger partial charge in [-0.25, -0.2) is 4.98 Å². The first-order valence-electron chi connectivity index (χ1n) is 9.24. The van der Waals surface area contributed by atoms with Gasteiger partial charge in [-0.3, -0.25) is 4.79 Å². The molecule has 4 rings (SSSR count). The van der Waals surface area contributed by atoms with Gasteiger partial charge in [-0.15, -0.1) is 0 Å². The Morgan fingerprint density at radius 3 is 2.28 bits per heavy atom. The molecule has 0 spiro atoms. The van der Waals surface area contributed by atoms with Crippen LogP contribution < -0.4 is 15.0 Å². The maximum Gasteiger partial charge on any atom is 0.416 e. The molecule has 0 radical (unpaired) electrons. The Bertz CT molecular complexity index is 1140. The summed E-state index contributed by atoms with van der Waals surface area (Å²) in [6, 6.07) is 6.45. The molecule has 1 aliphatic heterocycles. The monoisotopic (exact) mass is 475 g/mol. The van der Waals surface area contributed by atoms with Gasteiger partial charge in [-0.1, -0.05) is 17.4 Å². The molecule has 32 heavy (non-hydrogen) atoms. The van der Waals surface area contributed by atoms with Crippen LogP contribution in [0.1, 0.15) is 11.1 Å².